The van der Waals surface area contributed by atoms with Crippen molar-refractivity contribution in [3.63, 3.8) is 0 Å². The normalized spacial score (nSPS) is 9.70. The minimum absolute atomic E-state index is 0.514. The molecular weight excluding hydrogens is 198 g/mol. The minimum Gasteiger partial charge on any atom is -0.469 e. The largest absolute Gasteiger partial charge is 0.469 e. The first-order chi connectivity index (χ1) is 4.29. The molecule has 0 aliphatic rings. The van der Waals surface area contributed by atoms with Crippen molar-refractivity contribution < 1.29 is 9.90 Å². The van der Waals surface area contributed by atoms with Crippen molar-refractivity contribution in [2.45, 2.75) is 24.6 Å². The molecule has 0 aromatic carbocycles. The molecule has 0 atom stereocenters. The molecule has 0 saturated heterocycles. The van der Waals surface area contributed by atoms with Crippen LogP contribution in [-0.2, 0) is 0 Å². The molecule has 0 spiro atoms. The molecule has 0 aromatic rings. The standard InChI is InChI=1S/C4H8Cl2.CHClO2/c1-3-4(2,5)6;2-1(3)4/h3H2,1-2H3;(H,3,4). The molecule has 0 radical (unpaired) electrons. The summed E-state index contributed by atoms with van der Waals surface area (Å²) in [5.74, 6) is 0. The second kappa shape index (κ2) is 6.08. The van der Waals surface area contributed by atoms with Crippen molar-refractivity contribution in [1.29, 1.82) is 0 Å². The average Bonchev–Trinajstić information content (AvgIpc) is 1.63. The molecule has 1 N–H and O–H groups in total. The van der Waals surface area contributed by atoms with Crippen LogP contribution in [-0.4, -0.2) is 14.9 Å². The molecule has 62 valence electrons. The minimum atomic E-state index is -1.36. The highest BCUT2D eigenvalue weighted by Crippen LogP contribution is 2.22. The third-order valence-corrected chi connectivity index (χ3v) is 1.16. The Morgan fingerprint density at radius 3 is 1.70 bits per heavy atom. The first kappa shape index (κ1) is 13.0. The zero-order valence-corrected chi connectivity index (χ0v) is 7.96. The average molecular weight is 207 g/mol. The molecule has 0 heterocycles. The van der Waals surface area contributed by atoms with Gasteiger partial charge in [0.15, 0.2) is 0 Å². The van der Waals surface area contributed by atoms with Crippen LogP contribution in [0.5, 0.6) is 0 Å². The van der Waals surface area contributed by atoms with Gasteiger partial charge in [-0.3, -0.25) is 0 Å². The molecule has 0 fully saturated rings. The van der Waals surface area contributed by atoms with Crippen molar-refractivity contribution in [3.8, 4) is 0 Å². The molecule has 0 unspecified atom stereocenters. The van der Waals surface area contributed by atoms with Gasteiger partial charge < -0.3 is 5.11 Å². The van der Waals surface area contributed by atoms with E-state index in [4.69, 9.17) is 33.1 Å². The van der Waals surface area contributed by atoms with Crippen LogP contribution in [0.2, 0.25) is 0 Å². The number of hydrogen-bond donors (Lipinski definition) is 1. The highest BCUT2D eigenvalue weighted by Gasteiger charge is 2.10. The van der Waals surface area contributed by atoms with E-state index in [1.54, 1.807) is 6.92 Å². The van der Waals surface area contributed by atoms with Gasteiger partial charge in [-0.1, -0.05) is 6.92 Å². The third kappa shape index (κ3) is 40.3. The molecule has 0 saturated carbocycles. The Labute approximate surface area is 75.1 Å². The molecule has 0 aromatic heterocycles. The van der Waals surface area contributed by atoms with Crippen molar-refractivity contribution in [3.05, 3.63) is 0 Å². The monoisotopic (exact) mass is 206 g/mol. The Morgan fingerprint density at radius 1 is 1.60 bits per heavy atom. The topological polar surface area (TPSA) is 37.3 Å². The van der Waals surface area contributed by atoms with Crippen LogP contribution in [0.4, 0.5) is 4.79 Å². The number of hydrogen-bond acceptors (Lipinski definition) is 1. The fraction of sp³-hybridized carbons (Fsp3) is 0.800. The molecule has 0 rings (SSSR count). The van der Waals surface area contributed by atoms with Crippen molar-refractivity contribution in [2.75, 3.05) is 0 Å². The summed E-state index contributed by atoms with van der Waals surface area (Å²) in [6.07, 6.45) is 0.802. The number of halogens is 3. The van der Waals surface area contributed by atoms with E-state index in [9.17, 15) is 0 Å². The molecule has 5 heteroatoms. The predicted molar refractivity (Wildman–Crippen MR) is 44.3 cm³/mol. The maximum absolute atomic E-state index is 8.77. The molecule has 2 nitrogen and oxygen atoms in total. The SMILES string of the molecule is CCC(C)(Cl)Cl.O=C(O)Cl. The second-order valence-corrected chi connectivity index (χ2v) is 3.86. The van der Waals surface area contributed by atoms with E-state index in [1.165, 1.54) is 0 Å². The highest BCUT2D eigenvalue weighted by atomic mass is 35.5. The van der Waals surface area contributed by atoms with E-state index in [2.05, 4.69) is 11.6 Å². The summed E-state index contributed by atoms with van der Waals surface area (Å²) in [6, 6.07) is 0. The Balaban J connectivity index is 0. The third-order valence-electron chi connectivity index (χ3n) is 0.621. The highest BCUT2D eigenvalue weighted by molar-refractivity contribution is 6.60. The second-order valence-electron chi connectivity index (χ2n) is 1.68. The van der Waals surface area contributed by atoms with Crippen LogP contribution >= 0.6 is 34.8 Å². The van der Waals surface area contributed by atoms with E-state index < -0.39 is 9.76 Å². The van der Waals surface area contributed by atoms with Gasteiger partial charge in [0.25, 0.3) is 0 Å². The van der Waals surface area contributed by atoms with E-state index in [1.807, 2.05) is 6.92 Å². The van der Waals surface area contributed by atoms with Crippen LogP contribution in [0.1, 0.15) is 20.3 Å². The van der Waals surface area contributed by atoms with Crippen molar-refractivity contribution in [2.24, 2.45) is 0 Å². The lowest BCUT2D eigenvalue weighted by Crippen LogP contribution is -2.00. The summed E-state index contributed by atoms with van der Waals surface area (Å²) >= 11 is 15.2. The lowest BCUT2D eigenvalue weighted by atomic mass is 10.4. The van der Waals surface area contributed by atoms with Gasteiger partial charge in [-0.2, -0.15) is 0 Å². The van der Waals surface area contributed by atoms with Gasteiger partial charge in [-0.25, -0.2) is 4.79 Å². The first-order valence-corrected chi connectivity index (χ1v) is 3.69. The van der Waals surface area contributed by atoms with Gasteiger partial charge >= 0.3 is 5.43 Å². The van der Waals surface area contributed by atoms with E-state index in [0.717, 1.165) is 6.42 Å². The van der Waals surface area contributed by atoms with Gasteiger partial charge in [0.05, 0.1) is 0 Å². The molecular formula is C5H9Cl3O2. The molecule has 0 amide bonds. The Hall–Kier alpha value is 0.340. The molecule has 10 heavy (non-hydrogen) atoms. The Kier molecular flexibility index (Phi) is 7.88. The summed E-state index contributed by atoms with van der Waals surface area (Å²) in [6.45, 7) is 3.72. The number of rotatable bonds is 1. The number of carboxylic acid groups (broad SMARTS) is 1. The maximum atomic E-state index is 8.77. The lowest BCUT2D eigenvalue weighted by Gasteiger charge is -2.05. The number of alkyl halides is 2. The van der Waals surface area contributed by atoms with Crippen LogP contribution in [0.25, 0.3) is 0 Å². The predicted octanol–water partition coefficient (Wildman–Crippen LogP) is 3.49. The van der Waals surface area contributed by atoms with E-state index in [-0.39, 0.29) is 0 Å². The smallest absolute Gasteiger partial charge is 0.401 e. The zero-order valence-electron chi connectivity index (χ0n) is 5.70. The van der Waals surface area contributed by atoms with Crippen LogP contribution in [0.3, 0.4) is 0 Å². The quantitative estimate of drug-likeness (QED) is 0.528. The Bertz CT molecular complexity index is 93.6. The van der Waals surface area contributed by atoms with Crippen LogP contribution < -0.4 is 0 Å². The fourth-order valence-corrected chi connectivity index (χ4v) is 0. The first-order valence-electron chi connectivity index (χ1n) is 2.56. The summed E-state index contributed by atoms with van der Waals surface area (Å²) < 4.78 is -0.514. The summed E-state index contributed by atoms with van der Waals surface area (Å²) in [5.41, 5.74) is -1.36. The molecule has 0 aliphatic heterocycles. The van der Waals surface area contributed by atoms with Crippen LogP contribution in [0.15, 0.2) is 0 Å². The summed E-state index contributed by atoms with van der Waals surface area (Å²) in [5, 5.41) is 7.18. The van der Waals surface area contributed by atoms with E-state index in [0.29, 0.717) is 0 Å². The molecule has 0 bridgehead atoms. The fourth-order valence-electron chi connectivity index (χ4n) is 0. The maximum Gasteiger partial charge on any atom is 0.401 e. The number of carbonyl (C=O) groups is 1. The summed E-state index contributed by atoms with van der Waals surface area (Å²) in [7, 11) is 0. The van der Waals surface area contributed by atoms with Gasteiger partial charge in [-0.15, -0.1) is 23.2 Å². The van der Waals surface area contributed by atoms with E-state index >= 15 is 0 Å². The van der Waals surface area contributed by atoms with Gasteiger partial charge in [-0.05, 0) is 13.3 Å². The van der Waals surface area contributed by atoms with Crippen molar-refractivity contribution >= 4 is 40.2 Å². The lowest BCUT2D eigenvalue weighted by molar-refractivity contribution is 0.220. The van der Waals surface area contributed by atoms with Gasteiger partial charge in [0, 0.05) is 11.6 Å². The summed E-state index contributed by atoms with van der Waals surface area (Å²) in [4.78, 5) is 8.77. The zero-order chi connectivity index (χ0) is 8.78. The van der Waals surface area contributed by atoms with Gasteiger partial charge in [0.1, 0.15) is 4.33 Å². The van der Waals surface area contributed by atoms with Gasteiger partial charge in [0.2, 0.25) is 0 Å². The Morgan fingerprint density at radius 2 is 1.70 bits per heavy atom. The van der Waals surface area contributed by atoms with Crippen LogP contribution in [0, 0.1) is 0 Å². The molecule has 0 aliphatic carbocycles. The van der Waals surface area contributed by atoms with Crippen molar-refractivity contribution in [1.82, 2.24) is 0 Å².